The largest absolute Gasteiger partial charge is 0.306 e. The zero-order valence-electron chi connectivity index (χ0n) is 15.2. The number of carbonyl (C=O) groups is 1. The Bertz CT molecular complexity index is 940. The van der Waals surface area contributed by atoms with Gasteiger partial charge in [0.05, 0.1) is 11.9 Å². The van der Waals surface area contributed by atoms with Crippen LogP contribution in [0.3, 0.4) is 0 Å². The van der Waals surface area contributed by atoms with E-state index in [4.69, 9.17) is 0 Å². The van der Waals surface area contributed by atoms with Crippen molar-refractivity contribution in [2.45, 2.75) is 19.3 Å². The van der Waals surface area contributed by atoms with Gasteiger partial charge in [0.1, 0.15) is 5.78 Å². The molecule has 1 aliphatic rings. The number of likely N-dealkylation sites (tertiary alicyclic amines) is 1. The predicted octanol–water partition coefficient (Wildman–Crippen LogP) is 2.48. The van der Waals surface area contributed by atoms with Crippen molar-refractivity contribution in [1.82, 2.24) is 24.9 Å². The Balaban J connectivity index is 1.56. The summed E-state index contributed by atoms with van der Waals surface area (Å²) in [6.07, 6.45) is 5.95. The minimum atomic E-state index is 0.176. The van der Waals surface area contributed by atoms with Crippen molar-refractivity contribution in [3.05, 3.63) is 42.4 Å². The average molecular weight is 349 g/mol. The molecule has 0 aliphatic carbocycles. The summed E-state index contributed by atoms with van der Waals surface area (Å²) in [6, 6.07) is 8.24. The molecule has 3 heterocycles. The quantitative estimate of drug-likeness (QED) is 0.724. The molecule has 0 radical (unpaired) electrons. The predicted molar refractivity (Wildman–Crippen MR) is 101 cm³/mol. The van der Waals surface area contributed by atoms with Gasteiger partial charge >= 0.3 is 0 Å². The average Bonchev–Trinajstić information content (AvgIpc) is 3.07. The van der Waals surface area contributed by atoms with Gasteiger partial charge in [-0.25, -0.2) is 4.68 Å². The molecule has 0 unspecified atom stereocenters. The Labute approximate surface area is 152 Å². The van der Waals surface area contributed by atoms with E-state index >= 15 is 0 Å². The number of piperidine rings is 1. The molecule has 6 nitrogen and oxygen atoms in total. The molecular formula is C20H23N5O. The second-order valence-corrected chi connectivity index (χ2v) is 7.20. The Hall–Kier alpha value is -2.60. The van der Waals surface area contributed by atoms with Crippen LogP contribution in [0.5, 0.6) is 0 Å². The van der Waals surface area contributed by atoms with Crippen molar-refractivity contribution < 1.29 is 4.79 Å². The monoisotopic (exact) mass is 349 g/mol. The number of nitrogens with zero attached hydrogens (tertiary/aromatic N) is 5. The third-order valence-electron chi connectivity index (χ3n) is 5.32. The maximum atomic E-state index is 12.6. The van der Waals surface area contributed by atoms with Gasteiger partial charge in [-0.15, -0.1) is 5.10 Å². The number of rotatable bonds is 4. The van der Waals surface area contributed by atoms with Crippen LogP contribution in [0.25, 0.3) is 22.0 Å². The van der Waals surface area contributed by atoms with Crippen molar-refractivity contribution in [3.63, 3.8) is 0 Å². The molecule has 0 spiro atoms. The summed E-state index contributed by atoms with van der Waals surface area (Å²) in [5.74, 6) is 0.493. The van der Waals surface area contributed by atoms with Crippen LogP contribution in [0.2, 0.25) is 0 Å². The highest BCUT2D eigenvalue weighted by molar-refractivity contribution is 5.88. The smallest absolute Gasteiger partial charge is 0.142 e. The molecule has 4 rings (SSSR count). The maximum Gasteiger partial charge on any atom is 0.142 e. The molecule has 0 saturated carbocycles. The lowest BCUT2D eigenvalue weighted by molar-refractivity contribution is -0.123. The van der Waals surface area contributed by atoms with E-state index in [-0.39, 0.29) is 5.92 Å². The summed E-state index contributed by atoms with van der Waals surface area (Å²) < 4.78 is 1.76. The first-order valence-electron chi connectivity index (χ1n) is 9.05. The molecule has 0 N–H and O–H groups in total. The Morgan fingerprint density at radius 3 is 2.65 bits per heavy atom. The number of Topliss-reactive ketones (excluding diaryl/α,β-unsaturated/α-hetero) is 1. The van der Waals surface area contributed by atoms with E-state index in [9.17, 15) is 4.79 Å². The van der Waals surface area contributed by atoms with Crippen LogP contribution in [0.15, 0.2) is 36.7 Å². The van der Waals surface area contributed by atoms with Crippen molar-refractivity contribution in [1.29, 1.82) is 0 Å². The van der Waals surface area contributed by atoms with Crippen LogP contribution < -0.4 is 0 Å². The first-order valence-corrected chi connectivity index (χ1v) is 9.05. The molecule has 0 bridgehead atoms. The molecule has 6 heteroatoms. The zero-order chi connectivity index (χ0) is 18.1. The number of ketones is 1. The number of aryl methyl sites for hydroxylation is 1. The molecule has 1 saturated heterocycles. The number of carbonyl (C=O) groups excluding carboxylic acids is 1. The summed E-state index contributed by atoms with van der Waals surface area (Å²) in [5, 5.41) is 10.1. The molecule has 3 aromatic rings. The van der Waals surface area contributed by atoms with Crippen LogP contribution in [0, 0.1) is 5.92 Å². The van der Waals surface area contributed by atoms with Crippen molar-refractivity contribution >= 4 is 16.6 Å². The number of benzene rings is 1. The van der Waals surface area contributed by atoms with E-state index in [0.717, 1.165) is 53.7 Å². The topological polar surface area (TPSA) is 63.9 Å². The third kappa shape index (κ3) is 3.37. The van der Waals surface area contributed by atoms with Gasteiger partial charge in [-0.1, -0.05) is 17.3 Å². The van der Waals surface area contributed by atoms with Crippen LogP contribution in [-0.4, -0.2) is 50.8 Å². The van der Waals surface area contributed by atoms with Gasteiger partial charge in [-0.2, -0.15) is 0 Å². The van der Waals surface area contributed by atoms with E-state index in [2.05, 4.69) is 33.3 Å². The summed E-state index contributed by atoms with van der Waals surface area (Å²) in [4.78, 5) is 19.4. The van der Waals surface area contributed by atoms with Crippen molar-refractivity contribution in [2.75, 3.05) is 20.1 Å². The summed E-state index contributed by atoms with van der Waals surface area (Å²) in [7, 11) is 3.99. The van der Waals surface area contributed by atoms with Gasteiger partial charge in [0.2, 0.25) is 0 Å². The molecule has 134 valence electrons. The van der Waals surface area contributed by atoms with Crippen molar-refractivity contribution in [3.8, 4) is 11.3 Å². The Morgan fingerprint density at radius 1 is 1.12 bits per heavy atom. The van der Waals surface area contributed by atoms with Gasteiger partial charge in [-0.3, -0.25) is 9.78 Å². The highest BCUT2D eigenvalue weighted by Crippen LogP contribution is 2.24. The zero-order valence-corrected chi connectivity index (χ0v) is 15.2. The highest BCUT2D eigenvalue weighted by atomic mass is 16.1. The lowest BCUT2D eigenvalue weighted by atomic mass is 9.90. The fourth-order valence-corrected chi connectivity index (χ4v) is 3.65. The van der Waals surface area contributed by atoms with Gasteiger partial charge in [0.25, 0.3) is 0 Å². The van der Waals surface area contributed by atoms with Crippen LogP contribution >= 0.6 is 0 Å². The third-order valence-corrected chi connectivity index (χ3v) is 5.32. The fourth-order valence-electron chi connectivity index (χ4n) is 3.65. The van der Waals surface area contributed by atoms with E-state index in [1.807, 2.05) is 31.4 Å². The number of hydrogen-bond acceptors (Lipinski definition) is 5. The lowest BCUT2D eigenvalue weighted by Crippen LogP contribution is -2.34. The van der Waals surface area contributed by atoms with Crippen LogP contribution in [-0.2, 0) is 18.3 Å². The van der Waals surface area contributed by atoms with Gasteiger partial charge in [0, 0.05) is 42.2 Å². The maximum absolute atomic E-state index is 12.6. The molecule has 26 heavy (non-hydrogen) atoms. The number of aromatic nitrogens is 4. The first-order chi connectivity index (χ1) is 12.6. The molecule has 1 fully saturated rings. The lowest BCUT2D eigenvalue weighted by Gasteiger charge is -2.27. The minimum absolute atomic E-state index is 0.176. The Morgan fingerprint density at radius 2 is 1.92 bits per heavy atom. The van der Waals surface area contributed by atoms with Gasteiger partial charge in [-0.05, 0) is 50.5 Å². The van der Waals surface area contributed by atoms with Crippen molar-refractivity contribution in [2.24, 2.45) is 13.0 Å². The van der Waals surface area contributed by atoms with Gasteiger partial charge in [0.15, 0.2) is 0 Å². The fraction of sp³-hybridized carbons (Fsp3) is 0.400. The normalized spacial score (nSPS) is 16.2. The molecule has 1 aromatic carbocycles. The van der Waals surface area contributed by atoms with Gasteiger partial charge < -0.3 is 4.90 Å². The second-order valence-electron chi connectivity index (χ2n) is 7.20. The highest BCUT2D eigenvalue weighted by Gasteiger charge is 2.23. The SMILES string of the molecule is CN1CCC(C(=O)Cc2cc3cc(-c4cnnn4C)ccc3cn2)CC1. The first kappa shape index (κ1) is 16.8. The molecular weight excluding hydrogens is 326 g/mol. The molecule has 0 amide bonds. The van der Waals surface area contributed by atoms with E-state index in [1.54, 1.807) is 10.9 Å². The van der Waals surface area contributed by atoms with E-state index in [0.29, 0.717) is 12.2 Å². The Kier molecular flexibility index (Phi) is 4.51. The minimum Gasteiger partial charge on any atom is -0.306 e. The number of fused-ring (bicyclic) bond motifs is 1. The number of hydrogen-bond donors (Lipinski definition) is 0. The standard InChI is InChI=1S/C20H23N5O/c1-24-7-5-14(6-8-24)20(26)11-18-10-17-9-15(3-4-16(17)12-21-18)19-13-22-23-25(19)2/h3-4,9-10,12-14H,5-8,11H2,1-2H3. The van der Waals surface area contributed by atoms with E-state index in [1.165, 1.54) is 0 Å². The van der Waals surface area contributed by atoms with E-state index < -0.39 is 0 Å². The second kappa shape index (κ2) is 6.96. The molecule has 1 aliphatic heterocycles. The summed E-state index contributed by atoms with van der Waals surface area (Å²) in [5.41, 5.74) is 2.87. The number of pyridine rings is 1. The molecule has 0 atom stereocenters. The van der Waals surface area contributed by atoms with Crippen LogP contribution in [0.4, 0.5) is 0 Å². The summed E-state index contributed by atoms with van der Waals surface area (Å²) >= 11 is 0. The molecule has 2 aromatic heterocycles. The summed E-state index contributed by atoms with van der Waals surface area (Å²) in [6.45, 7) is 2.01. The van der Waals surface area contributed by atoms with Crippen LogP contribution in [0.1, 0.15) is 18.5 Å².